The highest BCUT2D eigenvalue weighted by Crippen LogP contribution is 2.30. The molecule has 0 amide bonds. The third-order valence-corrected chi connectivity index (χ3v) is 3.27. The molecule has 0 bridgehead atoms. The van der Waals surface area contributed by atoms with Crippen LogP contribution in [0.25, 0.3) is 0 Å². The monoisotopic (exact) mass is 220 g/mol. The second-order valence-corrected chi connectivity index (χ2v) is 4.27. The zero-order chi connectivity index (χ0) is 11.4. The molecule has 2 N–H and O–H groups in total. The van der Waals surface area contributed by atoms with Gasteiger partial charge in [0.05, 0.1) is 0 Å². The van der Waals surface area contributed by atoms with Crippen LogP contribution in [0.1, 0.15) is 24.9 Å². The zero-order valence-corrected chi connectivity index (χ0v) is 9.82. The number of nitrogens with zero attached hydrogens (tertiary/aromatic N) is 1. The first-order valence-electron chi connectivity index (χ1n) is 6.05. The Kier molecular flexibility index (Phi) is 3.80. The summed E-state index contributed by atoms with van der Waals surface area (Å²) in [5.74, 6) is 0.424. The molecule has 0 spiro atoms. The van der Waals surface area contributed by atoms with Gasteiger partial charge in [0.15, 0.2) is 0 Å². The second kappa shape index (κ2) is 5.32. The van der Waals surface area contributed by atoms with Crippen molar-refractivity contribution in [1.29, 1.82) is 0 Å². The van der Waals surface area contributed by atoms with Crippen molar-refractivity contribution in [2.75, 3.05) is 26.2 Å². The molecule has 3 nitrogen and oxygen atoms in total. The van der Waals surface area contributed by atoms with Crippen LogP contribution in [0.3, 0.4) is 0 Å². The molecule has 1 aliphatic rings. The van der Waals surface area contributed by atoms with Crippen molar-refractivity contribution >= 4 is 0 Å². The number of hydrogen-bond donors (Lipinski definition) is 2. The van der Waals surface area contributed by atoms with Gasteiger partial charge in [-0.15, -0.1) is 0 Å². The lowest BCUT2D eigenvalue weighted by atomic mass is 10.0. The van der Waals surface area contributed by atoms with Gasteiger partial charge in [0, 0.05) is 37.8 Å². The molecule has 1 atom stereocenters. The standard InChI is InChI=1S/C13H20N2O/c1-2-12(15-9-7-14-8-10-15)11-5-3-4-6-13(11)16/h3-6,12,14,16H,2,7-10H2,1H3/t12-/m1/s1. The number of nitrogens with one attached hydrogen (secondary N) is 1. The number of hydrogen-bond acceptors (Lipinski definition) is 3. The van der Waals surface area contributed by atoms with Gasteiger partial charge in [-0.1, -0.05) is 25.1 Å². The molecule has 2 rings (SSSR count). The van der Waals surface area contributed by atoms with E-state index in [1.165, 1.54) is 0 Å². The molecule has 16 heavy (non-hydrogen) atoms. The van der Waals surface area contributed by atoms with Crippen LogP contribution in [-0.2, 0) is 0 Å². The largest absolute Gasteiger partial charge is 0.508 e. The van der Waals surface area contributed by atoms with Crippen LogP contribution in [-0.4, -0.2) is 36.2 Å². The third-order valence-electron chi connectivity index (χ3n) is 3.27. The minimum Gasteiger partial charge on any atom is -0.508 e. The summed E-state index contributed by atoms with van der Waals surface area (Å²) < 4.78 is 0. The first kappa shape index (κ1) is 11.4. The van der Waals surface area contributed by atoms with E-state index in [1.54, 1.807) is 6.07 Å². The predicted molar refractivity (Wildman–Crippen MR) is 65.6 cm³/mol. The maximum Gasteiger partial charge on any atom is 0.120 e. The van der Waals surface area contributed by atoms with Crippen LogP contribution in [0.5, 0.6) is 5.75 Å². The summed E-state index contributed by atoms with van der Waals surface area (Å²) in [4.78, 5) is 2.45. The molecule has 1 saturated heterocycles. The highest BCUT2D eigenvalue weighted by Gasteiger charge is 2.22. The molecule has 3 heteroatoms. The quantitative estimate of drug-likeness (QED) is 0.814. The Morgan fingerprint density at radius 3 is 2.62 bits per heavy atom. The number of aromatic hydroxyl groups is 1. The topological polar surface area (TPSA) is 35.5 Å². The van der Waals surface area contributed by atoms with E-state index >= 15 is 0 Å². The van der Waals surface area contributed by atoms with Crippen LogP contribution in [0.15, 0.2) is 24.3 Å². The summed E-state index contributed by atoms with van der Waals surface area (Å²) in [7, 11) is 0. The number of rotatable bonds is 3. The fourth-order valence-electron chi connectivity index (χ4n) is 2.44. The molecule has 0 aromatic heterocycles. The SMILES string of the molecule is CC[C@H](c1ccccc1O)N1CCNCC1. The minimum atomic E-state index is 0.350. The van der Waals surface area contributed by atoms with E-state index in [2.05, 4.69) is 17.1 Å². The zero-order valence-electron chi connectivity index (χ0n) is 9.82. The van der Waals surface area contributed by atoms with Crippen LogP contribution >= 0.6 is 0 Å². The Labute approximate surface area is 97.1 Å². The summed E-state index contributed by atoms with van der Waals surface area (Å²) in [5.41, 5.74) is 1.06. The van der Waals surface area contributed by atoms with E-state index in [0.717, 1.165) is 38.2 Å². The van der Waals surface area contributed by atoms with Gasteiger partial charge >= 0.3 is 0 Å². The Balaban J connectivity index is 2.18. The van der Waals surface area contributed by atoms with Gasteiger partial charge in [-0.25, -0.2) is 0 Å². The lowest BCUT2D eigenvalue weighted by molar-refractivity contribution is 0.167. The van der Waals surface area contributed by atoms with Crippen molar-refractivity contribution < 1.29 is 5.11 Å². The van der Waals surface area contributed by atoms with Gasteiger partial charge in [-0.2, -0.15) is 0 Å². The molecule has 0 radical (unpaired) electrons. The summed E-state index contributed by atoms with van der Waals surface area (Å²) in [5, 5.41) is 13.3. The highest BCUT2D eigenvalue weighted by molar-refractivity contribution is 5.34. The van der Waals surface area contributed by atoms with Gasteiger partial charge in [0.25, 0.3) is 0 Å². The molecule has 1 aliphatic heterocycles. The van der Waals surface area contributed by atoms with E-state index in [-0.39, 0.29) is 0 Å². The number of phenolic OH excluding ortho intramolecular Hbond substituents is 1. The number of benzene rings is 1. The molecule has 0 saturated carbocycles. The minimum absolute atomic E-state index is 0.350. The highest BCUT2D eigenvalue weighted by atomic mass is 16.3. The second-order valence-electron chi connectivity index (χ2n) is 4.27. The van der Waals surface area contributed by atoms with Crippen molar-refractivity contribution in [1.82, 2.24) is 10.2 Å². The molecule has 1 heterocycles. The summed E-state index contributed by atoms with van der Waals surface area (Å²) >= 11 is 0. The van der Waals surface area contributed by atoms with Gasteiger partial charge in [0.1, 0.15) is 5.75 Å². The van der Waals surface area contributed by atoms with E-state index in [4.69, 9.17) is 0 Å². The number of piperazine rings is 1. The first-order chi connectivity index (χ1) is 7.83. The first-order valence-corrected chi connectivity index (χ1v) is 6.05. The molecule has 0 unspecified atom stereocenters. The number of phenols is 1. The lowest BCUT2D eigenvalue weighted by Gasteiger charge is -2.34. The molecular formula is C13H20N2O. The Morgan fingerprint density at radius 1 is 1.31 bits per heavy atom. The van der Waals surface area contributed by atoms with Crippen molar-refractivity contribution in [3.05, 3.63) is 29.8 Å². The maximum absolute atomic E-state index is 9.90. The average Bonchev–Trinajstić information content (AvgIpc) is 2.34. The third kappa shape index (κ3) is 2.36. The van der Waals surface area contributed by atoms with E-state index in [1.807, 2.05) is 18.2 Å². The summed E-state index contributed by atoms with van der Waals surface area (Å²) in [6, 6.07) is 8.04. The van der Waals surface area contributed by atoms with Crippen molar-refractivity contribution in [2.45, 2.75) is 19.4 Å². The summed E-state index contributed by atoms with van der Waals surface area (Å²) in [6.07, 6.45) is 1.04. The fraction of sp³-hybridized carbons (Fsp3) is 0.538. The molecule has 1 aromatic rings. The predicted octanol–water partition coefficient (Wildman–Crippen LogP) is 1.75. The molecule has 0 aliphatic carbocycles. The van der Waals surface area contributed by atoms with Gasteiger partial charge in [0.2, 0.25) is 0 Å². The average molecular weight is 220 g/mol. The molecule has 88 valence electrons. The smallest absolute Gasteiger partial charge is 0.120 e. The molecule has 1 fully saturated rings. The lowest BCUT2D eigenvalue weighted by Crippen LogP contribution is -2.45. The Hall–Kier alpha value is -1.06. The molecular weight excluding hydrogens is 200 g/mol. The molecule has 1 aromatic carbocycles. The van der Waals surface area contributed by atoms with Crippen LogP contribution < -0.4 is 5.32 Å². The van der Waals surface area contributed by atoms with E-state index in [9.17, 15) is 5.11 Å². The fourth-order valence-corrected chi connectivity index (χ4v) is 2.44. The van der Waals surface area contributed by atoms with Crippen LogP contribution in [0.2, 0.25) is 0 Å². The normalized spacial score (nSPS) is 19.6. The van der Waals surface area contributed by atoms with Crippen molar-refractivity contribution in [3.8, 4) is 5.75 Å². The van der Waals surface area contributed by atoms with E-state index in [0.29, 0.717) is 11.8 Å². The van der Waals surface area contributed by atoms with Crippen molar-refractivity contribution in [2.24, 2.45) is 0 Å². The van der Waals surface area contributed by atoms with Gasteiger partial charge in [-0.05, 0) is 12.5 Å². The van der Waals surface area contributed by atoms with Gasteiger partial charge < -0.3 is 10.4 Å². The maximum atomic E-state index is 9.90. The summed E-state index contributed by atoms with van der Waals surface area (Å²) in [6.45, 7) is 6.40. The van der Waals surface area contributed by atoms with Crippen molar-refractivity contribution in [3.63, 3.8) is 0 Å². The Morgan fingerprint density at radius 2 is 2.00 bits per heavy atom. The Bertz CT molecular complexity index is 334. The van der Waals surface area contributed by atoms with Crippen LogP contribution in [0, 0.1) is 0 Å². The van der Waals surface area contributed by atoms with E-state index < -0.39 is 0 Å². The number of para-hydroxylation sites is 1. The van der Waals surface area contributed by atoms with Crippen LogP contribution in [0.4, 0.5) is 0 Å². The van der Waals surface area contributed by atoms with Gasteiger partial charge in [-0.3, -0.25) is 4.90 Å².